The lowest BCUT2D eigenvalue weighted by Crippen LogP contribution is -1.89. The minimum atomic E-state index is -0.382. The normalized spacial score (nSPS) is 12.7. The van der Waals surface area contributed by atoms with E-state index < -0.39 is 0 Å². The van der Waals surface area contributed by atoms with E-state index in [0.717, 1.165) is 5.56 Å². The first-order chi connectivity index (χ1) is 6.77. The highest BCUT2D eigenvalue weighted by molar-refractivity contribution is 7.13. The Kier molecular flexibility index (Phi) is 2.66. The molecule has 0 saturated carbocycles. The number of thiophene rings is 1. The summed E-state index contributed by atoms with van der Waals surface area (Å²) in [4.78, 5) is 1.27. The minimum absolute atomic E-state index is 0.382. The van der Waals surface area contributed by atoms with E-state index in [9.17, 15) is 5.11 Å². The van der Waals surface area contributed by atoms with Crippen LogP contribution in [0.15, 0.2) is 41.8 Å². The first-order valence-corrected chi connectivity index (χ1v) is 5.47. The molecule has 2 aromatic rings. The Hall–Kier alpha value is -1.12. The number of hydrogen-bond donors (Lipinski definition) is 1. The fourth-order valence-corrected chi connectivity index (χ4v) is 2.10. The molecule has 0 unspecified atom stereocenters. The molecule has 0 saturated heterocycles. The molecular formula is C12H12OS. The van der Waals surface area contributed by atoms with E-state index in [4.69, 9.17) is 0 Å². The van der Waals surface area contributed by atoms with Gasteiger partial charge in [-0.15, -0.1) is 11.3 Å². The summed E-state index contributed by atoms with van der Waals surface area (Å²) < 4.78 is 0. The van der Waals surface area contributed by atoms with Gasteiger partial charge in [-0.25, -0.2) is 0 Å². The van der Waals surface area contributed by atoms with Gasteiger partial charge in [-0.1, -0.05) is 30.3 Å². The van der Waals surface area contributed by atoms with Gasteiger partial charge in [0.15, 0.2) is 0 Å². The summed E-state index contributed by atoms with van der Waals surface area (Å²) in [6.45, 7) is 1.78. The lowest BCUT2D eigenvalue weighted by Gasteiger charge is -2.04. The third kappa shape index (κ3) is 1.86. The van der Waals surface area contributed by atoms with Crippen LogP contribution in [0.3, 0.4) is 0 Å². The number of hydrogen-bond acceptors (Lipinski definition) is 2. The highest BCUT2D eigenvalue weighted by Gasteiger charge is 2.01. The molecule has 2 rings (SSSR count). The van der Waals surface area contributed by atoms with Crippen LogP contribution < -0.4 is 0 Å². The zero-order chi connectivity index (χ0) is 9.97. The number of rotatable bonds is 2. The van der Waals surface area contributed by atoms with Crippen molar-refractivity contribution >= 4 is 11.3 Å². The van der Waals surface area contributed by atoms with Crippen LogP contribution in [0.4, 0.5) is 0 Å². The van der Waals surface area contributed by atoms with Crippen molar-refractivity contribution in [1.29, 1.82) is 0 Å². The average molecular weight is 204 g/mol. The third-order valence-corrected chi connectivity index (χ3v) is 3.12. The van der Waals surface area contributed by atoms with Crippen LogP contribution >= 0.6 is 11.3 Å². The van der Waals surface area contributed by atoms with Crippen LogP contribution in [0.1, 0.15) is 18.6 Å². The molecule has 0 aliphatic rings. The summed E-state index contributed by atoms with van der Waals surface area (Å²) in [7, 11) is 0. The molecule has 2 heteroatoms. The van der Waals surface area contributed by atoms with Crippen molar-refractivity contribution in [3.63, 3.8) is 0 Å². The molecule has 1 nitrogen and oxygen atoms in total. The molecule has 0 radical (unpaired) electrons. The van der Waals surface area contributed by atoms with Crippen molar-refractivity contribution < 1.29 is 5.11 Å². The fraction of sp³-hybridized carbons (Fsp3) is 0.167. The number of aliphatic hydroxyl groups excluding tert-OH is 1. The Bertz CT molecular complexity index is 387. The van der Waals surface area contributed by atoms with Crippen LogP contribution in [-0.2, 0) is 0 Å². The van der Waals surface area contributed by atoms with Gasteiger partial charge in [-0.3, -0.25) is 0 Å². The molecule has 1 aromatic heterocycles. The SMILES string of the molecule is C[C@@H](O)c1ccc(-c2cccs2)cc1. The van der Waals surface area contributed by atoms with E-state index in [1.165, 1.54) is 10.4 Å². The van der Waals surface area contributed by atoms with Crippen molar-refractivity contribution in [2.24, 2.45) is 0 Å². The molecule has 0 bridgehead atoms. The van der Waals surface area contributed by atoms with Crippen LogP contribution in [0.5, 0.6) is 0 Å². The van der Waals surface area contributed by atoms with Gasteiger partial charge in [0.2, 0.25) is 0 Å². The second-order valence-electron chi connectivity index (χ2n) is 3.28. The molecule has 0 aliphatic heterocycles. The molecule has 14 heavy (non-hydrogen) atoms. The second kappa shape index (κ2) is 3.95. The van der Waals surface area contributed by atoms with E-state index in [2.05, 4.69) is 11.4 Å². The standard InChI is InChI=1S/C12H12OS/c1-9(13)10-4-6-11(7-5-10)12-3-2-8-14-12/h2-9,13H,1H3/t9-/m1/s1. The second-order valence-corrected chi connectivity index (χ2v) is 4.22. The van der Waals surface area contributed by atoms with Gasteiger partial charge in [0.05, 0.1) is 6.10 Å². The topological polar surface area (TPSA) is 20.2 Å². The van der Waals surface area contributed by atoms with Crippen LogP contribution in [-0.4, -0.2) is 5.11 Å². The van der Waals surface area contributed by atoms with Crippen molar-refractivity contribution in [2.75, 3.05) is 0 Å². The summed E-state index contributed by atoms with van der Waals surface area (Å²) in [6, 6.07) is 12.2. The first-order valence-electron chi connectivity index (χ1n) is 4.59. The van der Waals surface area contributed by atoms with E-state index >= 15 is 0 Å². The molecule has 0 amide bonds. The molecule has 0 aliphatic carbocycles. The maximum Gasteiger partial charge on any atom is 0.0761 e. The lowest BCUT2D eigenvalue weighted by atomic mass is 10.1. The highest BCUT2D eigenvalue weighted by atomic mass is 32.1. The average Bonchev–Trinajstić information content (AvgIpc) is 2.71. The molecular weight excluding hydrogens is 192 g/mol. The van der Waals surface area contributed by atoms with E-state index in [1.54, 1.807) is 18.3 Å². The molecule has 1 atom stereocenters. The molecule has 1 N–H and O–H groups in total. The van der Waals surface area contributed by atoms with Crippen LogP contribution in [0.25, 0.3) is 10.4 Å². The Labute approximate surface area is 87.7 Å². The Morgan fingerprint density at radius 1 is 1.14 bits per heavy atom. The van der Waals surface area contributed by atoms with Gasteiger partial charge in [0.1, 0.15) is 0 Å². The predicted molar refractivity (Wildman–Crippen MR) is 60.4 cm³/mol. The minimum Gasteiger partial charge on any atom is -0.389 e. The van der Waals surface area contributed by atoms with Crippen molar-refractivity contribution in [3.05, 3.63) is 47.3 Å². The summed E-state index contributed by atoms with van der Waals surface area (Å²) in [5.41, 5.74) is 2.18. The van der Waals surface area contributed by atoms with Crippen molar-refractivity contribution in [3.8, 4) is 10.4 Å². The Morgan fingerprint density at radius 3 is 2.36 bits per heavy atom. The molecule has 1 aromatic carbocycles. The highest BCUT2D eigenvalue weighted by Crippen LogP contribution is 2.25. The summed E-state index contributed by atoms with van der Waals surface area (Å²) in [6.07, 6.45) is -0.382. The summed E-state index contributed by atoms with van der Waals surface area (Å²) in [5, 5.41) is 11.4. The van der Waals surface area contributed by atoms with Crippen molar-refractivity contribution in [1.82, 2.24) is 0 Å². The maximum atomic E-state index is 9.35. The number of benzene rings is 1. The number of aliphatic hydroxyl groups is 1. The van der Waals surface area contributed by atoms with E-state index in [-0.39, 0.29) is 6.10 Å². The van der Waals surface area contributed by atoms with Gasteiger partial charge >= 0.3 is 0 Å². The predicted octanol–water partition coefficient (Wildman–Crippen LogP) is 3.47. The third-order valence-electron chi connectivity index (χ3n) is 2.20. The zero-order valence-corrected chi connectivity index (χ0v) is 8.79. The van der Waals surface area contributed by atoms with Crippen LogP contribution in [0.2, 0.25) is 0 Å². The van der Waals surface area contributed by atoms with Crippen LogP contribution in [0, 0.1) is 0 Å². The van der Waals surface area contributed by atoms with Gasteiger partial charge < -0.3 is 5.11 Å². The van der Waals surface area contributed by atoms with Gasteiger partial charge in [0.25, 0.3) is 0 Å². The Morgan fingerprint density at radius 2 is 1.86 bits per heavy atom. The zero-order valence-electron chi connectivity index (χ0n) is 7.97. The summed E-state index contributed by atoms with van der Waals surface area (Å²) >= 11 is 1.73. The molecule has 72 valence electrons. The molecule has 0 spiro atoms. The quantitative estimate of drug-likeness (QED) is 0.794. The van der Waals surface area contributed by atoms with E-state index in [0.29, 0.717) is 0 Å². The largest absolute Gasteiger partial charge is 0.389 e. The lowest BCUT2D eigenvalue weighted by molar-refractivity contribution is 0.199. The maximum absolute atomic E-state index is 9.35. The van der Waals surface area contributed by atoms with Gasteiger partial charge in [-0.05, 0) is 29.5 Å². The summed E-state index contributed by atoms with van der Waals surface area (Å²) in [5.74, 6) is 0. The van der Waals surface area contributed by atoms with Gasteiger partial charge in [-0.2, -0.15) is 0 Å². The van der Waals surface area contributed by atoms with E-state index in [1.807, 2.05) is 30.3 Å². The molecule has 1 heterocycles. The fourth-order valence-electron chi connectivity index (χ4n) is 1.37. The van der Waals surface area contributed by atoms with Gasteiger partial charge in [0, 0.05) is 4.88 Å². The Balaban J connectivity index is 2.31. The molecule has 0 fully saturated rings. The smallest absolute Gasteiger partial charge is 0.0761 e. The first kappa shape index (κ1) is 9.44. The monoisotopic (exact) mass is 204 g/mol. The van der Waals surface area contributed by atoms with Crippen molar-refractivity contribution in [2.45, 2.75) is 13.0 Å².